The third-order valence-corrected chi connectivity index (χ3v) is 2.59. The summed E-state index contributed by atoms with van der Waals surface area (Å²) in [5, 5.41) is 0. The first-order valence-corrected chi connectivity index (χ1v) is 5.26. The number of nitrogens with one attached hydrogen (secondary N) is 2. The maximum absolute atomic E-state index is 11.4. The fourth-order valence-corrected chi connectivity index (χ4v) is 1.38. The van der Waals surface area contributed by atoms with Gasteiger partial charge in [0.15, 0.2) is 0 Å². The quantitative estimate of drug-likeness (QED) is 0.740. The molecule has 1 aromatic rings. The van der Waals surface area contributed by atoms with E-state index >= 15 is 0 Å². The molecule has 0 saturated heterocycles. The van der Waals surface area contributed by atoms with Gasteiger partial charge in [-0.15, -0.1) is 0 Å². The van der Waals surface area contributed by atoms with Gasteiger partial charge < -0.3 is 0 Å². The lowest BCUT2D eigenvalue weighted by Crippen LogP contribution is -2.34. The van der Waals surface area contributed by atoms with E-state index < -0.39 is 0 Å². The van der Waals surface area contributed by atoms with Crippen LogP contribution in [0.2, 0.25) is 0 Å². The number of benzene rings is 1. The van der Waals surface area contributed by atoms with E-state index in [9.17, 15) is 4.79 Å². The summed E-state index contributed by atoms with van der Waals surface area (Å²) in [6.45, 7) is 4.34. The highest BCUT2D eigenvalue weighted by atomic mass is 16.2. The summed E-state index contributed by atoms with van der Waals surface area (Å²) in [5.74, 6) is 0.444. The number of hydrogen-bond acceptors (Lipinski definition) is 2. The van der Waals surface area contributed by atoms with E-state index in [1.165, 1.54) is 5.56 Å². The van der Waals surface area contributed by atoms with Crippen molar-refractivity contribution < 1.29 is 4.79 Å². The third kappa shape index (κ3) is 3.06. The van der Waals surface area contributed by atoms with Gasteiger partial charge in [-0.2, -0.15) is 0 Å². The Labute approximate surface area is 90.9 Å². The van der Waals surface area contributed by atoms with Crippen molar-refractivity contribution in [3.8, 4) is 0 Å². The SMILES string of the molecule is CCC(C)c1ccc(C(=O)NNC)cc1. The predicted octanol–water partition coefficient (Wildman–Crippen LogP) is 2.06. The van der Waals surface area contributed by atoms with Gasteiger partial charge in [-0.3, -0.25) is 10.2 Å². The molecule has 0 aliphatic carbocycles. The Kier molecular flexibility index (Phi) is 4.31. The second kappa shape index (κ2) is 5.51. The van der Waals surface area contributed by atoms with Crippen molar-refractivity contribution >= 4 is 5.91 Å². The highest BCUT2D eigenvalue weighted by Crippen LogP contribution is 2.18. The highest BCUT2D eigenvalue weighted by Gasteiger charge is 2.06. The lowest BCUT2D eigenvalue weighted by molar-refractivity contribution is 0.0938. The second-order valence-corrected chi connectivity index (χ2v) is 3.64. The zero-order valence-corrected chi connectivity index (χ0v) is 9.50. The first-order valence-electron chi connectivity index (χ1n) is 5.26. The molecule has 3 heteroatoms. The molecule has 0 bridgehead atoms. The number of carbonyl (C=O) groups is 1. The molecule has 2 N–H and O–H groups in total. The summed E-state index contributed by atoms with van der Waals surface area (Å²) in [6.07, 6.45) is 1.11. The van der Waals surface area contributed by atoms with E-state index in [1.807, 2.05) is 24.3 Å². The van der Waals surface area contributed by atoms with Crippen LogP contribution in [0.5, 0.6) is 0 Å². The van der Waals surface area contributed by atoms with Gasteiger partial charge in [0.05, 0.1) is 0 Å². The molecule has 3 nitrogen and oxygen atoms in total. The number of hydrazine groups is 1. The van der Waals surface area contributed by atoms with Gasteiger partial charge in [0.2, 0.25) is 0 Å². The standard InChI is InChI=1S/C12H18N2O/c1-4-9(2)10-5-7-11(8-6-10)12(15)14-13-3/h5-9,13H,4H2,1-3H3,(H,14,15). The summed E-state index contributed by atoms with van der Waals surface area (Å²) in [4.78, 5) is 11.4. The zero-order valence-electron chi connectivity index (χ0n) is 9.50. The van der Waals surface area contributed by atoms with Crippen molar-refractivity contribution in [1.29, 1.82) is 0 Å². The maximum atomic E-state index is 11.4. The molecule has 1 amide bonds. The van der Waals surface area contributed by atoms with Crippen LogP contribution in [0.1, 0.15) is 42.1 Å². The molecule has 0 spiro atoms. The van der Waals surface area contributed by atoms with Crippen molar-refractivity contribution in [2.45, 2.75) is 26.2 Å². The largest absolute Gasteiger partial charge is 0.288 e. The normalized spacial score (nSPS) is 12.2. The second-order valence-electron chi connectivity index (χ2n) is 3.64. The molecule has 0 radical (unpaired) electrons. The lowest BCUT2D eigenvalue weighted by atomic mass is 9.97. The van der Waals surface area contributed by atoms with Crippen molar-refractivity contribution in [3.63, 3.8) is 0 Å². The Balaban J connectivity index is 2.76. The zero-order chi connectivity index (χ0) is 11.3. The Bertz CT molecular complexity index is 319. The van der Waals surface area contributed by atoms with Gasteiger partial charge in [-0.05, 0) is 30.0 Å². The molecule has 0 aliphatic heterocycles. The van der Waals surface area contributed by atoms with E-state index in [-0.39, 0.29) is 5.91 Å². The van der Waals surface area contributed by atoms with Gasteiger partial charge in [0, 0.05) is 12.6 Å². The lowest BCUT2D eigenvalue weighted by Gasteiger charge is -2.09. The van der Waals surface area contributed by atoms with Gasteiger partial charge in [-0.1, -0.05) is 26.0 Å². The molecule has 0 heterocycles. The first kappa shape index (κ1) is 11.7. The molecular formula is C12H18N2O. The Morgan fingerprint density at radius 2 is 1.93 bits per heavy atom. The molecule has 82 valence electrons. The van der Waals surface area contributed by atoms with Gasteiger partial charge in [0.1, 0.15) is 0 Å². The van der Waals surface area contributed by atoms with Gasteiger partial charge in [-0.25, -0.2) is 5.43 Å². The van der Waals surface area contributed by atoms with E-state index in [1.54, 1.807) is 7.05 Å². The Hall–Kier alpha value is -1.35. The number of hydrogen-bond donors (Lipinski definition) is 2. The monoisotopic (exact) mass is 206 g/mol. The molecule has 0 aliphatic rings. The smallest absolute Gasteiger partial charge is 0.265 e. The highest BCUT2D eigenvalue weighted by molar-refractivity contribution is 5.93. The van der Waals surface area contributed by atoms with Crippen LogP contribution in [0.25, 0.3) is 0 Å². The fourth-order valence-electron chi connectivity index (χ4n) is 1.38. The van der Waals surface area contributed by atoms with Crippen molar-refractivity contribution in [1.82, 2.24) is 10.9 Å². The van der Waals surface area contributed by atoms with E-state index in [2.05, 4.69) is 24.7 Å². The van der Waals surface area contributed by atoms with Crippen molar-refractivity contribution in [2.24, 2.45) is 0 Å². The number of carbonyl (C=O) groups excluding carboxylic acids is 1. The molecular weight excluding hydrogens is 188 g/mol. The third-order valence-electron chi connectivity index (χ3n) is 2.59. The van der Waals surface area contributed by atoms with Crippen molar-refractivity contribution in [2.75, 3.05) is 7.05 Å². The van der Waals surface area contributed by atoms with Gasteiger partial charge >= 0.3 is 0 Å². The summed E-state index contributed by atoms with van der Waals surface area (Å²) in [6, 6.07) is 7.74. The minimum absolute atomic E-state index is 0.104. The summed E-state index contributed by atoms with van der Waals surface area (Å²) in [7, 11) is 1.67. The molecule has 1 aromatic carbocycles. The van der Waals surface area contributed by atoms with Crippen LogP contribution in [-0.4, -0.2) is 13.0 Å². The van der Waals surface area contributed by atoms with Crippen LogP contribution < -0.4 is 10.9 Å². The average molecular weight is 206 g/mol. The number of amides is 1. The molecule has 15 heavy (non-hydrogen) atoms. The van der Waals surface area contributed by atoms with Crippen LogP contribution >= 0.6 is 0 Å². The molecule has 0 fully saturated rings. The van der Waals surface area contributed by atoms with Crippen LogP contribution in [0.4, 0.5) is 0 Å². The summed E-state index contributed by atoms with van der Waals surface area (Å²) >= 11 is 0. The van der Waals surface area contributed by atoms with Crippen molar-refractivity contribution in [3.05, 3.63) is 35.4 Å². The fraction of sp³-hybridized carbons (Fsp3) is 0.417. The first-order chi connectivity index (χ1) is 7.19. The number of rotatable bonds is 4. The Morgan fingerprint density at radius 1 is 1.33 bits per heavy atom. The topological polar surface area (TPSA) is 41.1 Å². The van der Waals surface area contributed by atoms with E-state index in [0.29, 0.717) is 11.5 Å². The molecule has 1 unspecified atom stereocenters. The van der Waals surface area contributed by atoms with Crippen LogP contribution in [0.3, 0.4) is 0 Å². The summed E-state index contributed by atoms with van der Waals surface area (Å²) in [5.41, 5.74) is 7.10. The molecule has 1 atom stereocenters. The average Bonchev–Trinajstić information content (AvgIpc) is 2.28. The van der Waals surface area contributed by atoms with Crippen LogP contribution in [0.15, 0.2) is 24.3 Å². The van der Waals surface area contributed by atoms with Crippen LogP contribution in [0, 0.1) is 0 Å². The predicted molar refractivity (Wildman–Crippen MR) is 61.7 cm³/mol. The maximum Gasteiger partial charge on any atom is 0.265 e. The van der Waals surface area contributed by atoms with Crippen LogP contribution in [-0.2, 0) is 0 Å². The molecule has 0 aromatic heterocycles. The van der Waals surface area contributed by atoms with E-state index in [4.69, 9.17) is 0 Å². The summed E-state index contributed by atoms with van der Waals surface area (Å²) < 4.78 is 0. The molecule has 0 saturated carbocycles. The minimum Gasteiger partial charge on any atom is -0.288 e. The Morgan fingerprint density at radius 3 is 2.40 bits per heavy atom. The van der Waals surface area contributed by atoms with Gasteiger partial charge in [0.25, 0.3) is 5.91 Å². The van der Waals surface area contributed by atoms with E-state index in [0.717, 1.165) is 6.42 Å². The minimum atomic E-state index is -0.104. The molecule has 1 rings (SSSR count).